The summed E-state index contributed by atoms with van der Waals surface area (Å²) < 4.78 is 17.4. The maximum atomic E-state index is 11.5. The van der Waals surface area contributed by atoms with Gasteiger partial charge in [-0.1, -0.05) is 0 Å². The van der Waals surface area contributed by atoms with Crippen molar-refractivity contribution in [2.75, 3.05) is 26.4 Å². The smallest absolute Gasteiger partial charge is 0.306 e. The van der Waals surface area contributed by atoms with E-state index in [1.54, 1.807) is 12.5 Å². The summed E-state index contributed by atoms with van der Waals surface area (Å²) in [6.45, 7) is 4.62. The van der Waals surface area contributed by atoms with Gasteiger partial charge in [0.2, 0.25) is 0 Å². The zero-order chi connectivity index (χ0) is 13.9. The molecule has 0 spiro atoms. The SMILES string of the molecule is CCOCCOCCCC(=O)OCc1cncn1C. The first kappa shape index (κ1) is 15.7. The molecule has 1 aromatic rings. The summed E-state index contributed by atoms with van der Waals surface area (Å²) in [5, 5.41) is 0. The Kier molecular flexibility index (Phi) is 7.84. The molecule has 19 heavy (non-hydrogen) atoms. The van der Waals surface area contributed by atoms with Crippen LogP contribution in [0.15, 0.2) is 12.5 Å². The molecule has 0 aliphatic rings. The van der Waals surface area contributed by atoms with Crippen molar-refractivity contribution in [3.05, 3.63) is 18.2 Å². The number of hydrogen-bond donors (Lipinski definition) is 0. The van der Waals surface area contributed by atoms with Crippen LogP contribution in [0, 0.1) is 0 Å². The zero-order valence-corrected chi connectivity index (χ0v) is 11.6. The Labute approximate surface area is 113 Å². The van der Waals surface area contributed by atoms with E-state index in [9.17, 15) is 4.79 Å². The predicted octanol–water partition coefficient (Wildman–Crippen LogP) is 1.30. The molecule has 0 atom stereocenters. The van der Waals surface area contributed by atoms with E-state index in [4.69, 9.17) is 14.2 Å². The number of rotatable bonds is 10. The minimum absolute atomic E-state index is 0.213. The number of nitrogens with zero attached hydrogens (tertiary/aromatic N) is 2. The Morgan fingerprint density at radius 3 is 2.79 bits per heavy atom. The van der Waals surface area contributed by atoms with Gasteiger partial charge in [0.1, 0.15) is 6.61 Å². The van der Waals surface area contributed by atoms with Gasteiger partial charge in [-0.25, -0.2) is 4.98 Å². The van der Waals surface area contributed by atoms with Crippen LogP contribution in [0.5, 0.6) is 0 Å². The molecule has 0 radical (unpaired) electrons. The van der Waals surface area contributed by atoms with Crippen LogP contribution in [0.3, 0.4) is 0 Å². The van der Waals surface area contributed by atoms with Gasteiger partial charge in [0.15, 0.2) is 0 Å². The molecular weight excluding hydrogens is 248 g/mol. The maximum absolute atomic E-state index is 11.5. The van der Waals surface area contributed by atoms with E-state index < -0.39 is 0 Å². The number of esters is 1. The standard InChI is InChI=1S/C13H22N2O4/c1-3-17-7-8-18-6-4-5-13(16)19-10-12-9-14-11-15(12)2/h9,11H,3-8,10H2,1-2H3. The van der Waals surface area contributed by atoms with E-state index in [0.29, 0.717) is 39.3 Å². The van der Waals surface area contributed by atoms with Crippen LogP contribution >= 0.6 is 0 Å². The molecule has 6 heteroatoms. The van der Waals surface area contributed by atoms with Crippen LogP contribution < -0.4 is 0 Å². The second kappa shape index (κ2) is 9.52. The highest BCUT2D eigenvalue weighted by atomic mass is 16.5. The van der Waals surface area contributed by atoms with Crippen molar-refractivity contribution in [3.63, 3.8) is 0 Å². The average Bonchev–Trinajstić information content (AvgIpc) is 2.81. The number of hydrogen-bond acceptors (Lipinski definition) is 5. The van der Waals surface area contributed by atoms with Gasteiger partial charge < -0.3 is 18.8 Å². The molecule has 1 heterocycles. The van der Waals surface area contributed by atoms with Crippen LogP contribution in [0.1, 0.15) is 25.5 Å². The van der Waals surface area contributed by atoms with Crippen LogP contribution in [0.4, 0.5) is 0 Å². The summed E-state index contributed by atoms with van der Waals surface area (Å²) in [6.07, 6.45) is 4.39. The summed E-state index contributed by atoms with van der Waals surface area (Å²) in [5.74, 6) is -0.213. The van der Waals surface area contributed by atoms with Gasteiger partial charge in [-0.3, -0.25) is 4.79 Å². The molecule has 108 valence electrons. The second-order valence-corrected chi connectivity index (χ2v) is 4.07. The highest BCUT2D eigenvalue weighted by Crippen LogP contribution is 2.01. The number of carbonyl (C=O) groups is 1. The fourth-order valence-corrected chi connectivity index (χ4v) is 1.43. The van der Waals surface area contributed by atoms with E-state index >= 15 is 0 Å². The number of aryl methyl sites for hydroxylation is 1. The normalized spacial score (nSPS) is 10.6. The molecule has 0 saturated heterocycles. The fraction of sp³-hybridized carbons (Fsp3) is 0.692. The molecule has 0 fully saturated rings. The van der Waals surface area contributed by atoms with E-state index in [1.807, 2.05) is 18.5 Å². The van der Waals surface area contributed by atoms with Crippen LogP contribution in [0.2, 0.25) is 0 Å². The first-order valence-corrected chi connectivity index (χ1v) is 6.50. The Balaban J connectivity index is 1.98. The summed E-state index contributed by atoms with van der Waals surface area (Å²) in [5.41, 5.74) is 0.876. The van der Waals surface area contributed by atoms with E-state index in [-0.39, 0.29) is 12.6 Å². The van der Waals surface area contributed by atoms with E-state index in [2.05, 4.69) is 4.98 Å². The fourth-order valence-electron chi connectivity index (χ4n) is 1.43. The van der Waals surface area contributed by atoms with Crippen molar-refractivity contribution in [1.82, 2.24) is 9.55 Å². The summed E-state index contributed by atoms with van der Waals surface area (Å²) >= 11 is 0. The highest BCUT2D eigenvalue weighted by Gasteiger charge is 2.05. The molecule has 1 aromatic heterocycles. The predicted molar refractivity (Wildman–Crippen MR) is 69.6 cm³/mol. The van der Waals surface area contributed by atoms with Gasteiger partial charge in [-0.05, 0) is 13.3 Å². The molecule has 6 nitrogen and oxygen atoms in total. The topological polar surface area (TPSA) is 62.6 Å². The summed E-state index contributed by atoms with van der Waals surface area (Å²) in [6, 6.07) is 0. The van der Waals surface area contributed by atoms with Crippen LogP contribution in [-0.4, -0.2) is 41.9 Å². The van der Waals surface area contributed by atoms with Crippen molar-refractivity contribution >= 4 is 5.97 Å². The molecule has 0 saturated carbocycles. The second-order valence-electron chi connectivity index (χ2n) is 4.07. The van der Waals surface area contributed by atoms with Crippen molar-refractivity contribution in [2.24, 2.45) is 7.05 Å². The van der Waals surface area contributed by atoms with E-state index in [1.165, 1.54) is 0 Å². The summed E-state index contributed by atoms with van der Waals surface area (Å²) in [7, 11) is 1.86. The number of ether oxygens (including phenoxy) is 3. The lowest BCUT2D eigenvalue weighted by Gasteiger charge is -2.06. The van der Waals surface area contributed by atoms with Gasteiger partial charge in [-0.2, -0.15) is 0 Å². The molecule has 0 unspecified atom stereocenters. The Morgan fingerprint density at radius 2 is 2.11 bits per heavy atom. The third-order valence-corrected chi connectivity index (χ3v) is 2.54. The third kappa shape index (κ3) is 6.93. The van der Waals surface area contributed by atoms with Crippen molar-refractivity contribution in [3.8, 4) is 0 Å². The highest BCUT2D eigenvalue weighted by molar-refractivity contribution is 5.69. The lowest BCUT2D eigenvalue weighted by atomic mass is 10.3. The van der Waals surface area contributed by atoms with Crippen molar-refractivity contribution < 1.29 is 19.0 Å². The first-order valence-electron chi connectivity index (χ1n) is 6.50. The molecular formula is C13H22N2O4. The minimum atomic E-state index is -0.213. The van der Waals surface area contributed by atoms with Gasteiger partial charge in [0, 0.05) is 26.7 Å². The Morgan fingerprint density at radius 1 is 1.32 bits per heavy atom. The van der Waals surface area contributed by atoms with Crippen LogP contribution in [0.25, 0.3) is 0 Å². The lowest BCUT2D eigenvalue weighted by Crippen LogP contribution is -2.09. The number of imidazole rings is 1. The molecule has 0 aliphatic heterocycles. The Hall–Kier alpha value is -1.40. The first-order chi connectivity index (χ1) is 9.24. The molecule has 0 N–H and O–H groups in total. The molecule has 0 aliphatic carbocycles. The molecule has 0 bridgehead atoms. The van der Waals surface area contributed by atoms with Gasteiger partial charge in [0.05, 0.1) is 31.4 Å². The average molecular weight is 270 g/mol. The van der Waals surface area contributed by atoms with Gasteiger partial charge in [0.25, 0.3) is 0 Å². The number of carbonyl (C=O) groups excluding carboxylic acids is 1. The van der Waals surface area contributed by atoms with Gasteiger partial charge in [-0.15, -0.1) is 0 Å². The van der Waals surface area contributed by atoms with Crippen molar-refractivity contribution in [1.29, 1.82) is 0 Å². The monoisotopic (exact) mass is 270 g/mol. The third-order valence-electron chi connectivity index (χ3n) is 2.54. The van der Waals surface area contributed by atoms with Gasteiger partial charge >= 0.3 is 5.97 Å². The van der Waals surface area contributed by atoms with E-state index in [0.717, 1.165) is 5.69 Å². The van der Waals surface area contributed by atoms with Crippen molar-refractivity contribution in [2.45, 2.75) is 26.4 Å². The number of aromatic nitrogens is 2. The minimum Gasteiger partial charge on any atom is -0.459 e. The quantitative estimate of drug-likeness (QED) is 0.473. The molecule has 0 amide bonds. The summed E-state index contributed by atoms with van der Waals surface area (Å²) in [4.78, 5) is 15.4. The maximum Gasteiger partial charge on any atom is 0.306 e. The van der Waals surface area contributed by atoms with Crippen LogP contribution in [-0.2, 0) is 32.7 Å². The largest absolute Gasteiger partial charge is 0.459 e. The Bertz CT molecular complexity index is 365. The lowest BCUT2D eigenvalue weighted by molar-refractivity contribution is -0.145. The molecule has 0 aromatic carbocycles. The zero-order valence-electron chi connectivity index (χ0n) is 11.6. The molecule has 1 rings (SSSR count).